The number of oxazole rings is 1. The predicted molar refractivity (Wildman–Crippen MR) is 80.4 cm³/mol. The number of carbonyl (C=O) groups is 1. The number of amides is 1. The molecule has 1 aliphatic carbocycles. The Bertz CT molecular complexity index is 706. The Morgan fingerprint density at radius 3 is 2.67 bits per heavy atom. The van der Waals surface area contributed by atoms with Crippen LogP contribution in [0.25, 0.3) is 11.1 Å². The average molecular weight is 288 g/mol. The largest absolute Gasteiger partial charge is 0.419 e. The summed E-state index contributed by atoms with van der Waals surface area (Å²) in [7, 11) is 1.65. The number of benzene rings is 1. The Hall–Kier alpha value is -2.04. The quantitative estimate of drug-likeness (QED) is 0.864. The van der Waals surface area contributed by atoms with E-state index < -0.39 is 5.76 Å². The van der Waals surface area contributed by atoms with Gasteiger partial charge in [0, 0.05) is 18.7 Å². The molecule has 5 nitrogen and oxygen atoms in total. The number of hydrogen-bond donors (Lipinski definition) is 1. The molecule has 5 heteroatoms. The van der Waals surface area contributed by atoms with E-state index in [0.29, 0.717) is 16.7 Å². The van der Waals surface area contributed by atoms with Crippen LogP contribution in [0.4, 0.5) is 0 Å². The van der Waals surface area contributed by atoms with Gasteiger partial charge in [0.1, 0.15) is 0 Å². The number of nitrogens with zero attached hydrogens (tertiary/aromatic N) is 1. The SMILES string of the molecule is Cn1c(=O)oc2cc(C(=O)NC3CCCCCC3)ccc21. The van der Waals surface area contributed by atoms with E-state index in [2.05, 4.69) is 5.32 Å². The van der Waals surface area contributed by atoms with Gasteiger partial charge in [-0.3, -0.25) is 9.36 Å². The lowest BCUT2D eigenvalue weighted by Crippen LogP contribution is -2.34. The second-order valence-electron chi connectivity index (χ2n) is 5.77. The lowest BCUT2D eigenvalue weighted by atomic mass is 10.1. The van der Waals surface area contributed by atoms with Gasteiger partial charge in [0.2, 0.25) is 0 Å². The van der Waals surface area contributed by atoms with Crippen LogP contribution >= 0.6 is 0 Å². The Morgan fingerprint density at radius 2 is 1.95 bits per heavy atom. The van der Waals surface area contributed by atoms with Crippen molar-refractivity contribution >= 4 is 17.0 Å². The number of aryl methyl sites for hydroxylation is 1. The zero-order valence-corrected chi connectivity index (χ0v) is 12.2. The maximum absolute atomic E-state index is 12.3. The van der Waals surface area contributed by atoms with E-state index in [1.165, 1.54) is 30.3 Å². The Labute approximate surface area is 122 Å². The monoisotopic (exact) mass is 288 g/mol. The fourth-order valence-corrected chi connectivity index (χ4v) is 2.97. The molecular formula is C16H20N2O3. The highest BCUT2D eigenvalue weighted by Gasteiger charge is 2.17. The fraction of sp³-hybridized carbons (Fsp3) is 0.500. The number of fused-ring (bicyclic) bond motifs is 1. The molecule has 1 amide bonds. The summed E-state index contributed by atoms with van der Waals surface area (Å²) in [6.07, 6.45) is 6.97. The lowest BCUT2D eigenvalue weighted by Gasteiger charge is -2.16. The molecule has 0 saturated heterocycles. The third-order valence-corrected chi connectivity index (χ3v) is 4.24. The van der Waals surface area contributed by atoms with Crippen LogP contribution in [0, 0.1) is 0 Å². The maximum Gasteiger partial charge on any atom is 0.419 e. The minimum atomic E-state index is -0.411. The molecule has 1 heterocycles. The van der Waals surface area contributed by atoms with E-state index >= 15 is 0 Å². The molecule has 0 bridgehead atoms. The van der Waals surface area contributed by atoms with Gasteiger partial charge in [-0.2, -0.15) is 0 Å². The average Bonchev–Trinajstić information content (AvgIpc) is 2.67. The molecular weight excluding hydrogens is 268 g/mol. The van der Waals surface area contributed by atoms with E-state index in [1.807, 2.05) is 0 Å². The van der Waals surface area contributed by atoms with Crippen molar-refractivity contribution in [3.63, 3.8) is 0 Å². The van der Waals surface area contributed by atoms with Crippen molar-refractivity contribution in [2.45, 2.75) is 44.6 Å². The highest BCUT2D eigenvalue weighted by molar-refractivity contribution is 5.97. The fourth-order valence-electron chi connectivity index (χ4n) is 2.97. The number of hydrogen-bond acceptors (Lipinski definition) is 3. The first-order valence-corrected chi connectivity index (χ1v) is 7.55. The first-order valence-electron chi connectivity index (χ1n) is 7.55. The van der Waals surface area contributed by atoms with Crippen LogP contribution in [0.5, 0.6) is 0 Å². The second kappa shape index (κ2) is 5.76. The summed E-state index contributed by atoms with van der Waals surface area (Å²) in [6.45, 7) is 0. The number of aromatic nitrogens is 1. The Balaban J connectivity index is 1.79. The van der Waals surface area contributed by atoms with Crippen molar-refractivity contribution in [1.82, 2.24) is 9.88 Å². The first-order chi connectivity index (χ1) is 10.1. The van der Waals surface area contributed by atoms with Gasteiger partial charge in [-0.15, -0.1) is 0 Å². The molecule has 3 rings (SSSR count). The molecule has 1 aromatic carbocycles. The predicted octanol–water partition coefficient (Wildman–Crippen LogP) is 2.58. The van der Waals surface area contributed by atoms with Gasteiger partial charge in [-0.05, 0) is 31.0 Å². The molecule has 2 aromatic rings. The summed E-state index contributed by atoms with van der Waals surface area (Å²) in [5.74, 6) is -0.498. The van der Waals surface area contributed by atoms with Crippen molar-refractivity contribution in [3.05, 3.63) is 34.3 Å². The molecule has 1 saturated carbocycles. The Morgan fingerprint density at radius 1 is 1.24 bits per heavy atom. The molecule has 0 radical (unpaired) electrons. The molecule has 0 spiro atoms. The van der Waals surface area contributed by atoms with Crippen LogP contribution in [0.3, 0.4) is 0 Å². The Kier molecular flexibility index (Phi) is 3.82. The van der Waals surface area contributed by atoms with Crippen molar-refractivity contribution in [2.24, 2.45) is 7.05 Å². The van der Waals surface area contributed by atoms with Gasteiger partial charge in [0.15, 0.2) is 5.58 Å². The number of rotatable bonds is 2. The van der Waals surface area contributed by atoms with E-state index in [4.69, 9.17) is 4.42 Å². The van der Waals surface area contributed by atoms with Gasteiger partial charge >= 0.3 is 5.76 Å². The third-order valence-electron chi connectivity index (χ3n) is 4.24. The summed E-state index contributed by atoms with van der Waals surface area (Å²) < 4.78 is 6.56. The highest BCUT2D eigenvalue weighted by Crippen LogP contribution is 2.19. The van der Waals surface area contributed by atoms with Gasteiger partial charge in [0.05, 0.1) is 5.52 Å². The molecule has 1 aliphatic rings. The number of nitrogens with one attached hydrogen (secondary N) is 1. The van der Waals surface area contributed by atoms with Crippen LogP contribution in [0.1, 0.15) is 48.9 Å². The van der Waals surface area contributed by atoms with Crippen LogP contribution in [-0.2, 0) is 7.05 Å². The van der Waals surface area contributed by atoms with Gasteiger partial charge < -0.3 is 9.73 Å². The van der Waals surface area contributed by atoms with Gasteiger partial charge in [0.25, 0.3) is 5.91 Å². The summed E-state index contributed by atoms with van der Waals surface area (Å²) in [5.41, 5.74) is 1.70. The second-order valence-corrected chi connectivity index (χ2v) is 5.77. The highest BCUT2D eigenvalue weighted by atomic mass is 16.4. The topological polar surface area (TPSA) is 64.2 Å². The van der Waals surface area contributed by atoms with E-state index in [9.17, 15) is 9.59 Å². The normalized spacial score (nSPS) is 16.8. The smallest absolute Gasteiger partial charge is 0.408 e. The van der Waals surface area contributed by atoms with Crippen LogP contribution in [-0.4, -0.2) is 16.5 Å². The maximum atomic E-state index is 12.3. The standard InChI is InChI=1S/C16H20N2O3/c1-18-13-9-8-11(10-14(13)21-16(18)20)15(19)17-12-6-4-2-3-5-7-12/h8-10,12H,2-7H2,1H3,(H,17,19). The van der Waals surface area contributed by atoms with Crippen LogP contribution in [0.15, 0.2) is 27.4 Å². The summed E-state index contributed by atoms with van der Waals surface area (Å²) in [6, 6.07) is 5.40. The summed E-state index contributed by atoms with van der Waals surface area (Å²) in [4.78, 5) is 23.8. The molecule has 1 N–H and O–H groups in total. The van der Waals surface area contributed by atoms with Crippen LogP contribution in [0.2, 0.25) is 0 Å². The van der Waals surface area contributed by atoms with Crippen molar-refractivity contribution in [3.8, 4) is 0 Å². The van der Waals surface area contributed by atoms with Gasteiger partial charge in [-0.25, -0.2) is 4.79 Å². The first kappa shape index (κ1) is 13.9. The molecule has 1 aromatic heterocycles. The minimum absolute atomic E-state index is 0.0877. The molecule has 0 atom stereocenters. The molecule has 1 fully saturated rings. The van der Waals surface area contributed by atoms with Crippen molar-refractivity contribution in [1.29, 1.82) is 0 Å². The lowest BCUT2D eigenvalue weighted by molar-refractivity contribution is 0.0933. The molecule has 0 aliphatic heterocycles. The van der Waals surface area contributed by atoms with Crippen molar-refractivity contribution in [2.75, 3.05) is 0 Å². The number of carbonyl (C=O) groups excluding carboxylic acids is 1. The molecule has 0 unspecified atom stereocenters. The molecule has 21 heavy (non-hydrogen) atoms. The summed E-state index contributed by atoms with van der Waals surface area (Å²) in [5, 5.41) is 3.10. The zero-order valence-electron chi connectivity index (χ0n) is 12.2. The van der Waals surface area contributed by atoms with E-state index in [0.717, 1.165) is 12.8 Å². The van der Waals surface area contributed by atoms with Crippen molar-refractivity contribution < 1.29 is 9.21 Å². The van der Waals surface area contributed by atoms with Crippen LogP contribution < -0.4 is 11.1 Å². The molecule has 112 valence electrons. The van der Waals surface area contributed by atoms with Gasteiger partial charge in [-0.1, -0.05) is 25.7 Å². The van der Waals surface area contributed by atoms with E-state index in [-0.39, 0.29) is 11.9 Å². The third kappa shape index (κ3) is 2.86. The van der Waals surface area contributed by atoms with E-state index in [1.54, 1.807) is 25.2 Å². The summed E-state index contributed by atoms with van der Waals surface area (Å²) >= 11 is 0. The zero-order chi connectivity index (χ0) is 14.8. The minimum Gasteiger partial charge on any atom is -0.408 e.